The quantitative estimate of drug-likeness (QED) is 0.172. The van der Waals surface area contributed by atoms with Gasteiger partial charge in [0.05, 0.1) is 24.3 Å². The Morgan fingerprint density at radius 3 is 2.30 bits per heavy atom. The van der Waals surface area contributed by atoms with E-state index >= 15 is 0 Å². The number of hydrogen-bond donors (Lipinski definition) is 1. The second-order valence-electron chi connectivity index (χ2n) is 6.28. The molecule has 1 N–H and O–H groups in total. The number of carboxylic acids is 1. The largest absolute Gasteiger partial charge is 0.487 e. The Morgan fingerprint density at radius 2 is 1.73 bits per heavy atom. The van der Waals surface area contributed by atoms with Gasteiger partial charge in [-0.25, -0.2) is 4.79 Å². The second kappa shape index (κ2) is 10.4. The lowest BCUT2D eigenvalue weighted by Crippen LogP contribution is -2.01. The van der Waals surface area contributed by atoms with Crippen molar-refractivity contribution in [2.75, 3.05) is 0 Å². The number of halogens is 3. The molecule has 150 valence electrons. The van der Waals surface area contributed by atoms with Crippen molar-refractivity contribution in [2.24, 2.45) is 0 Å². The molecule has 0 amide bonds. The van der Waals surface area contributed by atoms with Crippen LogP contribution in [0.25, 0.3) is 11.6 Å². The Hall–Kier alpha value is -1.90. The van der Waals surface area contributed by atoms with E-state index in [0.29, 0.717) is 12.2 Å². The van der Waals surface area contributed by atoms with Gasteiger partial charge in [0.1, 0.15) is 12.4 Å². The van der Waals surface area contributed by atoms with Gasteiger partial charge in [0.15, 0.2) is 0 Å². The summed E-state index contributed by atoms with van der Waals surface area (Å²) in [4.78, 5) is 11.0. The average molecular weight is 686 g/mol. The van der Waals surface area contributed by atoms with Crippen molar-refractivity contribution in [3.8, 4) is 11.8 Å². The highest BCUT2D eigenvalue weighted by Crippen LogP contribution is 2.31. The van der Waals surface area contributed by atoms with Gasteiger partial charge in [-0.3, -0.25) is 0 Å². The predicted octanol–water partition coefficient (Wildman–Crippen LogP) is 7.00. The summed E-state index contributed by atoms with van der Waals surface area (Å²) in [6.07, 6.45) is 1.86. The van der Waals surface area contributed by atoms with Gasteiger partial charge in [0.2, 0.25) is 0 Å². The van der Waals surface area contributed by atoms with Crippen LogP contribution in [0.3, 0.4) is 0 Å². The van der Waals surface area contributed by atoms with Crippen molar-refractivity contribution in [3.05, 3.63) is 94.5 Å². The fourth-order valence-corrected chi connectivity index (χ4v) is 5.23. The van der Waals surface area contributed by atoms with E-state index in [0.717, 1.165) is 34.1 Å². The summed E-state index contributed by atoms with van der Waals surface area (Å²) in [6, 6.07) is 20.5. The van der Waals surface area contributed by atoms with Gasteiger partial charge in [-0.2, -0.15) is 5.26 Å². The van der Waals surface area contributed by atoms with E-state index < -0.39 is 5.97 Å². The van der Waals surface area contributed by atoms with Gasteiger partial charge < -0.3 is 9.84 Å². The molecule has 0 saturated heterocycles. The average Bonchev–Trinajstić information content (AvgIpc) is 2.71. The van der Waals surface area contributed by atoms with Gasteiger partial charge in [-0.15, -0.1) is 0 Å². The second-order valence-corrected chi connectivity index (χ2v) is 9.52. The number of carboxylic acid groups (broad SMARTS) is 1. The van der Waals surface area contributed by atoms with Crippen molar-refractivity contribution >= 4 is 78.7 Å². The molecule has 0 aromatic heterocycles. The number of hydrogen-bond acceptors (Lipinski definition) is 3. The van der Waals surface area contributed by atoms with E-state index in [1.807, 2.05) is 42.5 Å². The summed E-state index contributed by atoms with van der Waals surface area (Å²) >= 11 is 7.88. The number of ether oxygens (including phenoxy) is 1. The standard InChI is InChI=1S/C23H14BrI2NO3/c24-19-3-1-2-17(11-19)18(12-27)8-15-9-20(25)22(21(26)10-15)30-13-14-4-6-16(7-5-14)23(28)29/h1-11H,13H2,(H,28,29)/b18-8-. The van der Waals surface area contributed by atoms with Crippen LogP contribution in [0.1, 0.15) is 27.0 Å². The molecule has 0 unspecified atom stereocenters. The Bertz CT molecular complexity index is 1140. The van der Waals surface area contributed by atoms with Crippen LogP contribution in [0.2, 0.25) is 0 Å². The van der Waals surface area contributed by atoms with Gasteiger partial charge in [-0.05, 0) is 104 Å². The minimum Gasteiger partial charge on any atom is -0.487 e. The van der Waals surface area contributed by atoms with Crippen LogP contribution in [-0.2, 0) is 6.61 Å². The Morgan fingerprint density at radius 1 is 1.07 bits per heavy atom. The lowest BCUT2D eigenvalue weighted by Gasteiger charge is -2.12. The molecule has 0 aliphatic rings. The number of nitrogens with zero attached hydrogens (tertiary/aromatic N) is 1. The molecule has 0 heterocycles. The van der Waals surface area contributed by atoms with E-state index in [1.165, 1.54) is 0 Å². The Balaban J connectivity index is 1.81. The van der Waals surface area contributed by atoms with E-state index in [1.54, 1.807) is 24.3 Å². The molecule has 0 aliphatic carbocycles. The highest BCUT2D eigenvalue weighted by atomic mass is 127. The molecule has 0 aliphatic heterocycles. The van der Waals surface area contributed by atoms with Crippen LogP contribution in [0.15, 0.2) is 65.1 Å². The zero-order chi connectivity index (χ0) is 21.7. The van der Waals surface area contributed by atoms with E-state index in [9.17, 15) is 10.1 Å². The van der Waals surface area contributed by atoms with Gasteiger partial charge >= 0.3 is 5.97 Å². The maximum atomic E-state index is 11.0. The fourth-order valence-electron chi connectivity index (χ4n) is 2.70. The maximum absolute atomic E-state index is 11.0. The minimum atomic E-state index is -0.949. The first kappa shape index (κ1) is 22.8. The summed E-state index contributed by atoms with van der Waals surface area (Å²) in [7, 11) is 0. The molecule has 3 aromatic rings. The summed E-state index contributed by atoms with van der Waals surface area (Å²) in [5.41, 5.74) is 3.48. The van der Waals surface area contributed by atoms with Crippen LogP contribution < -0.4 is 4.74 Å². The third kappa shape index (κ3) is 5.83. The van der Waals surface area contributed by atoms with E-state index in [4.69, 9.17) is 9.84 Å². The first-order chi connectivity index (χ1) is 14.4. The minimum absolute atomic E-state index is 0.248. The molecule has 30 heavy (non-hydrogen) atoms. The maximum Gasteiger partial charge on any atom is 0.335 e. The zero-order valence-corrected chi connectivity index (χ0v) is 21.3. The highest BCUT2D eigenvalue weighted by Gasteiger charge is 2.11. The first-order valence-corrected chi connectivity index (χ1v) is 11.6. The fraction of sp³-hybridized carbons (Fsp3) is 0.0435. The summed E-state index contributed by atoms with van der Waals surface area (Å²) in [6.45, 7) is 0.336. The molecule has 0 fully saturated rings. The van der Waals surface area contributed by atoms with Crippen molar-refractivity contribution in [2.45, 2.75) is 6.61 Å². The van der Waals surface area contributed by atoms with Crippen LogP contribution in [0, 0.1) is 18.5 Å². The van der Waals surface area contributed by atoms with Gasteiger partial charge in [-0.1, -0.05) is 40.2 Å². The highest BCUT2D eigenvalue weighted by molar-refractivity contribution is 14.1. The molecule has 0 atom stereocenters. The summed E-state index contributed by atoms with van der Waals surface area (Å²) in [5.74, 6) is -0.188. The lowest BCUT2D eigenvalue weighted by atomic mass is 10.0. The normalized spacial score (nSPS) is 11.1. The number of allylic oxidation sites excluding steroid dienone is 1. The number of nitriles is 1. The van der Waals surface area contributed by atoms with E-state index in [2.05, 4.69) is 67.2 Å². The molecule has 0 bridgehead atoms. The predicted molar refractivity (Wildman–Crippen MR) is 137 cm³/mol. The van der Waals surface area contributed by atoms with E-state index in [-0.39, 0.29) is 5.56 Å². The molecule has 4 nitrogen and oxygen atoms in total. The SMILES string of the molecule is N#C/C(=C/c1cc(I)c(OCc2ccc(C(=O)O)cc2)c(I)c1)c1cccc(Br)c1. The summed E-state index contributed by atoms with van der Waals surface area (Å²) in [5, 5.41) is 18.6. The third-order valence-electron chi connectivity index (χ3n) is 4.17. The van der Waals surface area contributed by atoms with Crippen molar-refractivity contribution in [1.82, 2.24) is 0 Å². The monoisotopic (exact) mass is 685 g/mol. The molecule has 3 aromatic carbocycles. The molecule has 0 radical (unpaired) electrons. The van der Waals surface area contributed by atoms with Crippen LogP contribution in [-0.4, -0.2) is 11.1 Å². The Kier molecular flexibility index (Phi) is 7.91. The van der Waals surface area contributed by atoms with Crippen LogP contribution in [0.5, 0.6) is 5.75 Å². The smallest absolute Gasteiger partial charge is 0.335 e. The topological polar surface area (TPSA) is 70.3 Å². The number of carbonyl (C=O) groups is 1. The first-order valence-electron chi connectivity index (χ1n) is 8.69. The lowest BCUT2D eigenvalue weighted by molar-refractivity contribution is 0.0697. The van der Waals surface area contributed by atoms with Crippen molar-refractivity contribution < 1.29 is 14.6 Å². The molecular formula is C23H14BrI2NO3. The van der Waals surface area contributed by atoms with Gasteiger partial charge in [0, 0.05) is 4.47 Å². The third-order valence-corrected chi connectivity index (χ3v) is 6.27. The van der Waals surface area contributed by atoms with Gasteiger partial charge in [0.25, 0.3) is 0 Å². The van der Waals surface area contributed by atoms with Crippen molar-refractivity contribution in [1.29, 1.82) is 5.26 Å². The molecule has 3 rings (SSSR count). The van der Waals surface area contributed by atoms with Crippen molar-refractivity contribution in [3.63, 3.8) is 0 Å². The molecule has 0 saturated carbocycles. The molecular weight excluding hydrogens is 672 g/mol. The van der Waals surface area contributed by atoms with Crippen LogP contribution >= 0.6 is 61.1 Å². The number of aromatic carboxylic acids is 1. The molecule has 7 heteroatoms. The van der Waals surface area contributed by atoms with Crippen LogP contribution in [0.4, 0.5) is 0 Å². The molecule has 0 spiro atoms. The zero-order valence-electron chi connectivity index (χ0n) is 15.4. The Labute approximate surface area is 210 Å². The number of rotatable bonds is 6. The summed E-state index contributed by atoms with van der Waals surface area (Å²) < 4.78 is 8.77. The number of benzene rings is 3.